The van der Waals surface area contributed by atoms with Gasteiger partial charge in [-0.25, -0.2) is 4.98 Å². The fraction of sp³-hybridized carbons (Fsp3) is 0.267. The zero-order chi connectivity index (χ0) is 24.7. The van der Waals surface area contributed by atoms with Crippen molar-refractivity contribution in [3.8, 4) is 22.5 Å². The van der Waals surface area contributed by atoms with E-state index in [0.717, 1.165) is 66.9 Å². The maximum Gasteiger partial charge on any atom is 0.233 e. The first-order valence-corrected chi connectivity index (χ1v) is 13.6. The second-order valence-corrected chi connectivity index (χ2v) is 9.94. The van der Waals surface area contributed by atoms with Crippen molar-refractivity contribution < 1.29 is 4.79 Å². The monoisotopic (exact) mass is 496 g/mol. The molecule has 0 spiro atoms. The Morgan fingerprint density at radius 2 is 1.39 bits per heavy atom. The highest BCUT2D eigenvalue weighted by molar-refractivity contribution is 7.99. The molecule has 0 atom stereocenters. The summed E-state index contributed by atoms with van der Waals surface area (Å²) in [5.41, 5.74) is 5.62. The summed E-state index contributed by atoms with van der Waals surface area (Å²) in [6.07, 6.45) is 0. The fourth-order valence-corrected chi connectivity index (χ4v) is 5.70. The average molecular weight is 497 g/mol. The largest absolute Gasteiger partial charge is 0.339 e. The van der Waals surface area contributed by atoms with E-state index in [2.05, 4.69) is 77.1 Å². The number of nitrogens with zero attached hydrogens (tertiary/aromatic N) is 4. The van der Waals surface area contributed by atoms with Crippen LogP contribution in [-0.2, 0) is 17.9 Å². The van der Waals surface area contributed by atoms with Crippen molar-refractivity contribution in [1.29, 1.82) is 0 Å². The summed E-state index contributed by atoms with van der Waals surface area (Å²) in [6, 6.07) is 31.3. The van der Waals surface area contributed by atoms with E-state index in [1.807, 2.05) is 35.2 Å². The van der Waals surface area contributed by atoms with Gasteiger partial charge in [0.2, 0.25) is 5.91 Å². The lowest BCUT2D eigenvalue weighted by atomic mass is 10.0. The zero-order valence-electron chi connectivity index (χ0n) is 20.7. The van der Waals surface area contributed by atoms with Crippen LogP contribution in [0.1, 0.15) is 12.5 Å². The van der Waals surface area contributed by atoms with Gasteiger partial charge in [-0.3, -0.25) is 9.69 Å². The van der Waals surface area contributed by atoms with Crippen LogP contribution in [0.2, 0.25) is 0 Å². The van der Waals surface area contributed by atoms with Gasteiger partial charge in [-0.15, -0.1) is 0 Å². The lowest BCUT2D eigenvalue weighted by Crippen LogP contribution is -2.48. The molecule has 0 bridgehead atoms. The standard InChI is InChI=1S/C30H32N4OS/c1-2-34-29(26-16-10-5-11-17-26)28(25-14-8-4-9-15-25)31-30(34)36-23-27(35)33-20-18-32(19-21-33)22-24-12-6-3-7-13-24/h3-17H,2,18-23H2,1H3. The number of benzene rings is 3. The highest BCUT2D eigenvalue weighted by Crippen LogP contribution is 2.36. The molecular weight excluding hydrogens is 464 g/mol. The molecule has 36 heavy (non-hydrogen) atoms. The van der Waals surface area contributed by atoms with Gasteiger partial charge >= 0.3 is 0 Å². The van der Waals surface area contributed by atoms with E-state index in [-0.39, 0.29) is 5.91 Å². The van der Waals surface area contributed by atoms with Crippen molar-refractivity contribution in [2.75, 3.05) is 31.9 Å². The lowest BCUT2D eigenvalue weighted by Gasteiger charge is -2.34. The molecule has 5 nitrogen and oxygen atoms in total. The Morgan fingerprint density at radius 1 is 0.806 bits per heavy atom. The van der Waals surface area contributed by atoms with Gasteiger partial charge in [0.1, 0.15) is 0 Å². The van der Waals surface area contributed by atoms with Crippen molar-refractivity contribution in [3.63, 3.8) is 0 Å². The molecule has 2 heterocycles. The van der Waals surface area contributed by atoms with Crippen molar-refractivity contribution >= 4 is 17.7 Å². The van der Waals surface area contributed by atoms with E-state index < -0.39 is 0 Å². The van der Waals surface area contributed by atoms with Crippen LogP contribution < -0.4 is 0 Å². The number of piperazine rings is 1. The predicted molar refractivity (Wildman–Crippen MR) is 148 cm³/mol. The number of rotatable bonds is 8. The topological polar surface area (TPSA) is 41.4 Å². The minimum absolute atomic E-state index is 0.188. The molecule has 5 rings (SSSR count). The third-order valence-corrected chi connectivity index (χ3v) is 7.60. The number of carbonyl (C=O) groups excluding carboxylic acids is 1. The molecule has 3 aromatic carbocycles. The molecule has 0 N–H and O–H groups in total. The molecule has 0 saturated carbocycles. The van der Waals surface area contributed by atoms with Gasteiger partial charge in [0, 0.05) is 50.4 Å². The Morgan fingerprint density at radius 3 is 2.00 bits per heavy atom. The first-order chi connectivity index (χ1) is 17.7. The summed E-state index contributed by atoms with van der Waals surface area (Å²) >= 11 is 1.55. The van der Waals surface area contributed by atoms with Crippen LogP contribution in [0.3, 0.4) is 0 Å². The molecule has 184 valence electrons. The van der Waals surface area contributed by atoms with E-state index in [9.17, 15) is 4.79 Å². The molecule has 1 amide bonds. The number of thioether (sulfide) groups is 1. The third-order valence-electron chi connectivity index (χ3n) is 6.64. The van der Waals surface area contributed by atoms with Crippen LogP contribution in [0.4, 0.5) is 0 Å². The van der Waals surface area contributed by atoms with Crippen LogP contribution in [0.5, 0.6) is 0 Å². The Balaban J connectivity index is 1.28. The van der Waals surface area contributed by atoms with Gasteiger partial charge in [0.25, 0.3) is 0 Å². The molecule has 1 aliphatic rings. The summed E-state index contributed by atoms with van der Waals surface area (Å²) in [6.45, 7) is 7.24. The smallest absolute Gasteiger partial charge is 0.233 e. The van der Waals surface area contributed by atoms with Gasteiger partial charge in [-0.1, -0.05) is 103 Å². The Kier molecular flexibility index (Phi) is 7.84. The minimum Gasteiger partial charge on any atom is -0.339 e. The van der Waals surface area contributed by atoms with Gasteiger partial charge in [-0.2, -0.15) is 0 Å². The van der Waals surface area contributed by atoms with E-state index in [4.69, 9.17) is 4.98 Å². The predicted octanol–water partition coefficient (Wildman–Crippen LogP) is 5.67. The van der Waals surface area contributed by atoms with Crippen molar-refractivity contribution in [2.24, 2.45) is 0 Å². The molecule has 1 fully saturated rings. The minimum atomic E-state index is 0.188. The van der Waals surface area contributed by atoms with Gasteiger partial charge in [0.05, 0.1) is 17.1 Å². The van der Waals surface area contributed by atoms with E-state index in [1.54, 1.807) is 11.8 Å². The molecule has 6 heteroatoms. The normalized spacial score (nSPS) is 14.2. The molecule has 4 aromatic rings. The molecule has 0 radical (unpaired) electrons. The van der Waals surface area contributed by atoms with Crippen molar-refractivity contribution in [1.82, 2.24) is 19.4 Å². The summed E-state index contributed by atoms with van der Waals surface area (Å²) in [7, 11) is 0. The highest BCUT2D eigenvalue weighted by atomic mass is 32.2. The van der Waals surface area contributed by atoms with Crippen LogP contribution in [0, 0.1) is 0 Å². The Bertz CT molecular complexity index is 1270. The number of hydrogen-bond donors (Lipinski definition) is 0. The van der Waals surface area contributed by atoms with Crippen molar-refractivity contribution in [2.45, 2.75) is 25.2 Å². The molecule has 1 aliphatic heterocycles. The first-order valence-electron chi connectivity index (χ1n) is 12.6. The van der Waals surface area contributed by atoms with Gasteiger partial charge < -0.3 is 9.47 Å². The molecule has 0 unspecified atom stereocenters. The fourth-order valence-electron chi connectivity index (χ4n) is 4.74. The van der Waals surface area contributed by atoms with E-state index in [1.165, 1.54) is 5.56 Å². The Hall–Kier alpha value is -3.35. The summed E-state index contributed by atoms with van der Waals surface area (Å²) in [5, 5.41) is 0.895. The molecule has 1 aromatic heterocycles. The number of imidazole rings is 1. The number of carbonyl (C=O) groups is 1. The Labute approximate surface area is 217 Å². The average Bonchev–Trinajstić information content (AvgIpc) is 3.32. The number of amides is 1. The summed E-state index contributed by atoms with van der Waals surface area (Å²) < 4.78 is 2.24. The maximum absolute atomic E-state index is 13.1. The second kappa shape index (κ2) is 11.6. The third kappa shape index (κ3) is 5.55. The van der Waals surface area contributed by atoms with E-state index in [0.29, 0.717) is 5.75 Å². The lowest BCUT2D eigenvalue weighted by molar-refractivity contribution is -0.130. The van der Waals surface area contributed by atoms with Crippen LogP contribution in [-0.4, -0.2) is 57.2 Å². The first kappa shape index (κ1) is 24.3. The quantitative estimate of drug-likeness (QED) is 0.295. The molecule has 0 aliphatic carbocycles. The van der Waals surface area contributed by atoms with E-state index >= 15 is 0 Å². The van der Waals surface area contributed by atoms with Gasteiger partial charge in [-0.05, 0) is 12.5 Å². The summed E-state index contributed by atoms with van der Waals surface area (Å²) in [5.74, 6) is 0.588. The summed E-state index contributed by atoms with van der Waals surface area (Å²) in [4.78, 5) is 22.6. The molecule has 1 saturated heterocycles. The maximum atomic E-state index is 13.1. The van der Waals surface area contributed by atoms with Crippen LogP contribution in [0.25, 0.3) is 22.5 Å². The number of aromatic nitrogens is 2. The van der Waals surface area contributed by atoms with Crippen LogP contribution >= 0.6 is 11.8 Å². The second-order valence-electron chi connectivity index (χ2n) is 9.00. The highest BCUT2D eigenvalue weighted by Gasteiger charge is 2.24. The number of hydrogen-bond acceptors (Lipinski definition) is 4. The zero-order valence-corrected chi connectivity index (χ0v) is 21.5. The molecular formula is C30H32N4OS. The van der Waals surface area contributed by atoms with Crippen molar-refractivity contribution in [3.05, 3.63) is 96.6 Å². The SMILES string of the molecule is CCn1c(SCC(=O)N2CCN(Cc3ccccc3)CC2)nc(-c2ccccc2)c1-c1ccccc1. The van der Waals surface area contributed by atoms with Crippen LogP contribution in [0.15, 0.2) is 96.2 Å². The van der Waals surface area contributed by atoms with Gasteiger partial charge in [0.15, 0.2) is 5.16 Å².